The van der Waals surface area contributed by atoms with Crippen molar-refractivity contribution in [2.24, 2.45) is 11.7 Å². The lowest BCUT2D eigenvalue weighted by atomic mass is 9.92. The van der Waals surface area contributed by atoms with Crippen LogP contribution in [-0.2, 0) is 4.79 Å². The summed E-state index contributed by atoms with van der Waals surface area (Å²) in [6, 6.07) is 4.36. The molecular formula is C16H26N4O. The van der Waals surface area contributed by atoms with Crippen LogP contribution in [0.4, 0.5) is 0 Å². The summed E-state index contributed by atoms with van der Waals surface area (Å²) in [7, 11) is 0. The molecule has 1 aromatic heterocycles. The summed E-state index contributed by atoms with van der Waals surface area (Å²) in [4.78, 5) is 17.7. The third-order valence-electron chi connectivity index (χ3n) is 4.21. The van der Waals surface area contributed by atoms with Gasteiger partial charge in [0.1, 0.15) is 0 Å². The first kappa shape index (κ1) is 15.9. The molecule has 3 N–H and O–H groups in total. The SMILES string of the molecule is CC(=O)NCC1CCN(C(c2cccnc2)C(C)N)CC1. The lowest BCUT2D eigenvalue weighted by Crippen LogP contribution is -2.45. The van der Waals surface area contributed by atoms with Crippen LogP contribution in [-0.4, -0.2) is 41.5 Å². The van der Waals surface area contributed by atoms with Gasteiger partial charge in [0.15, 0.2) is 0 Å². The molecule has 2 heterocycles. The van der Waals surface area contributed by atoms with Crippen LogP contribution in [0.3, 0.4) is 0 Å². The summed E-state index contributed by atoms with van der Waals surface area (Å²) in [5.41, 5.74) is 7.39. The highest BCUT2D eigenvalue weighted by molar-refractivity contribution is 5.72. The van der Waals surface area contributed by atoms with Gasteiger partial charge >= 0.3 is 0 Å². The standard InChI is InChI=1S/C16H26N4O/c1-12(17)16(15-4-3-7-18-11-15)20-8-5-14(6-9-20)10-19-13(2)21/h3-4,7,11-12,14,16H,5-6,8-10,17H2,1-2H3,(H,19,21). The van der Waals surface area contributed by atoms with E-state index < -0.39 is 0 Å². The summed E-state index contributed by atoms with van der Waals surface area (Å²) in [5.74, 6) is 0.633. The normalized spacial score (nSPS) is 20.0. The molecule has 116 valence electrons. The molecule has 0 aliphatic carbocycles. The molecule has 1 aliphatic heterocycles. The smallest absolute Gasteiger partial charge is 0.216 e. The third-order valence-corrected chi connectivity index (χ3v) is 4.21. The summed E-state index contributed by atoms with van der Waals surface area (Å²) < 4.78 is 0. The second-order valence-corrected chi connectivity index (χ2v) is 6.01. The molecule has 1 aliphatic rings. The van der Waals surface area contributed by atoms with E-state index in [0.717, 1.165) is 32.5 Å². The zero-order valence-electron chi connectivity index (χ0n) is 13.0. The van der Waals surface area contributed by atoms with Gasteiger partial charge in [-0.15, -0.1) is 0 Å². The monoisotopic (exact) mass is 290 g/mol. The Morgan fingerprint density at radius 1 is 1.52 bits per heavy atom. The third kappa shape index (κ3) is 4.51. The molecule has 0 bridgehead atoms. The quantitative estimate of drug-likeness (QED) is 0.858. The zero-order valence-corrected chi connectivity index (χ0v) is 13.0. The lowest BCUT2D eigenvalue weighted by molar-refractivity contribution is -0.119. The molecule has 0 radical (unpaired) electrons. The van der Waals surface area contributed by atoms with Crippen LogP contribution in [0.15, 0.2) is 24.5 Å². The molecule has 1 amide bonds. The molecule has 1 saturated heterocycles. The van der Waals surface area contributed by atoms with Gasteiger partial charge in [-0.05, 0) is 50.4 Å². The van der Waals surface area contributed by atoms with E-state index in [-0.39, 0.29) is 18.0 Å². The van der Waals surface area contributed by atoms with Crippen LogP contribution >= 0.6 is 0 Å². The van der Waals surface area contributed by atoms with E-state index in [1.807, 2.05) is 12.3 Å². The molecule has 1 fully saturated rings. The summed E-state index contributed by atoms with van der Waals surface area (Å²) in [6.45, 7) is 6.46. The van der Waals surface area contributed by atoms with Crippen LogP contribution in [0.25, 0.3) is 0 Å². The zero-order chi connectivity index (χ0) is 15.2. The fourth-order valence-corrected chi connectivity index (χ4v) is 3.12. The van der Waals surface area contributed by atoms with Crippen molar-refractivity contribution in [3.05, 3.63) is 30.1 Å². The number of amides is 1. The number of pyridine rings is 1. The highest BCUT2D eigenvalue weighted by Gasteiger charge is 2.28. The summed E-state index contributed by atoms with van der Waals surface area (Å²) in [6.07, 6.45) is 5.91. The summed E-state index contributed by atoms with van der Waals surface area (Å²) >= 11 is 0. The fraction of sp³-hybridized carbons (Fsp3) is 0.625. The van der Waals surface area contributed by atoms with E-state index in [1.54, 1.807) is 13.1 Å². The van der Waals surface area contributed by atoms with E-state index in [9.17, 15) is 4.79 Å². The molecule has 0 aromatic carbocycles. The minimum absolute atomic E-state index is 0.0567. The number of rotatable bonds is 5. The molecule has 2 rings (SSSR count). The van der Waals surface area contributed by atoms with Crippen molar-refractivity contribution in [2.45, 2.75) is 38.8 Å². The number of piperidine rings is 1. The van der Waals surface area contributed by atoms with Gasteiger partial charge in [0.2, 0.25) is 5.91 Å². The number of nitrogens with zero attached hydrogens (tertiary/aromatic N) is 2. The maximum atomic E-state index is 11.0. The van der Waals surface area contributed by atoms with Gasteiger partial charge in [-0.1, -0.05) is 6.07 Å². The Bertz CT molecular complexity index is 441. The molecule has 2 unspecified atom stereocenters. The van der Waals surface area contributed by atoms with Crippen LogP contribution < -0.4 is 11.1 Å². The van der Waals surface area contributed by atoms with Crippen molar-refractivity contribution < 1.29 is 4.79 Å². The van der Waals surface area contributed by atoms with Crippen LogP contribution in [0, 0.1) is 5.92 Å². The first-order chi connectivity index (χ1) is 10.1. The Labute approximate surface area is 126 Å². The van der Waals surface area contributed by atoms with E-state index >= 15 is 0 Å². The number of nitrogens with two attached hydrogens (primary N) is 1. The van der Waals surface area contributed by atoms with Gasteiger partial charge in [-0.2, -0.15) is 0 Å². The highest BCUT2D eigenvalue weighted by atomic mass is 16.1. The van der Waals surface area contributed by atoms with Crippen molar-refractivity contribution in [3.8, 4) is 0 Å². The minimum atomic E-state index is 0.0567. The second kappa shape index (κ2) is 7.52. The Kier molecular flexibility index (Phi) is 5.70. The Balaban J connectivity index is 1.94. The number of hydrogen-bond acceptors (Lipinski definition) is 4. The lowest BCUT2D eigenvalue weighted by Gasteiger charge is -2.39. The van der Waals surface area contributed by atoms with E-state index in [0.29, 0.717) is 5.92 Å². The molecule has 5 heteroatoms. The molecule has 2 atom stereocenters. The topological polar surface area (TPSA) is 71.2 Å². The highest BCUT2D eigenvalue weighted by Crippen LogP contribution is 2.28. The summed E-state index contributed by atoms with van der Waals surface area (Å²) in [5, 5.41) is 2.92. The first-order valence-electron chi connectivity index (χ1n) is 7.72. The predicted octanol–water partition coefficient (Wildman–Crippen LogP) is 1.32. The van der Waals surface area contributed by atoms with E-state index in [2.05, 4.69) is 28.2 Å². The average Bonchev–Trinajstić information content (AvgIpc) is 2.47. The van der Waals surface area contributed by atoms with E-state index in [1.165, 1.54) is 5.56 Å². The molecule has 0 spiro atoms. The number of aromatic nitrogens is 1. The fourth-order valence-electron chi connectivity index (χ4n) is 3.12. The van der Waals surface area contributed by atoms with Gasteiger partial charge in [-0.25, -0.2) is 0 Å². The average molecular weight is 290 g/mol. The number of carbonyl (C=O) groups is 1. The predicted molar refractivity (Wildman–Crippen MR) is 83.6 cm³/mol. The molecule has 0 saturated carbocycles. The molecule has 21 heavy (non-hydrogen) atoms. The van der Waals surface area contributed by atoms with Gasteiger partial charge < -0.3 is 11.1 Å². The molecule has 1 aromatic rings. The Morgan fingerprint density at radius 3 is 2.76 bits per heavy atom. The molecule has 5 nitrogen and oxygen atoms in total. The van der Waals surface area contributed by atoms with Crippen molar-refractivity contribution in [1.29, 1.82) is 0 Å². The number of hydrogen-bond donors (Lipinski definition) is 2. The van der Waals surface area contributed by atoms with Gasteiger partial charge in [-0.3, -0.25) is 14.7 Å². The largest absolute Gasteiger partial charge is 0.356 e. The number of likely N-dealkylation sites (tertiary alicyclic amines) is 1. The molecular weight excluding hydrogens is 264 g/mol. The van der Waals surface area contributed by atoms with E-state index in [4.69, 9.17) is 5.73 Å². The van der Waals surface area contributed by atoms with Crippen LogP contribution in [0.5, 0.6) is 0 Å². The van der Waals surface area contributed by atoms with Crippen molar-refractivity contribution in [1.82, 2.24) is 15.2 Å². The van der Waals surface area contributed by atoms with Gasteiger partial charge in [0.05, 0.1) is 6.04 Å². The number of nitrogens with one attached hydrogen (secondary N) is 1. The van der Waals surface area contributed by atoms with Crippen molar-refractivity contribution in [2.75, 3.05) is 19.6 Å². The van der Waals surface area contributed by atoms with Gasteiger partial charge in [0, 0.05) is 31.9 Å². The van der Waals surface area contributed by atoms with Crippen LogP contribution in [0.2, 0.25) is 0 Å². The minimum Gasteiger partial charge on any atom is -0.356 e. The second-order valence-electron chi connectivity index (χ2n) is 6.01. The van der Waals surface area contributed by atoms with Crippen molar-refractivity contribution in [3.63, 3.8) is 0 Å². The van der Waals surface area contributed by atoms with Crippen molar-refractivity contribution >= 4 is 5.91 Å². The number of carbonyl (C=O) groups excluding carboxylic acids is 1. The maximum Gasteiger partial charge on any atom is 0.216 e. The first-order valence-corrected chi connectivity index (χ1v) is 7.72. The Hall–Kier alpha value is -1.46. The maximum absolute atomic E-state index is 11.0. The van der Waals surface area contributed by atoms with Gasteiger partial charge in [0.25, 0.3) is 0 Å². The Morgan fingerprint density at radius 2 is 2.24 bits per heavy atom. The van der Waals surface area contributed by atoms with Crippen LogP contribution in [0.1, 0.15) is 38.3 Å².